The van der Waals surface area contributed by atoms with Gasteiger partial charge in [-0.1, -0.05) is 82.8 Å². The summed E-state index contributed by atoms with van der Waals surface area (Å²) in [5.41, 5.74) is 11.9. The average Bonchev–Trinajstić information content (AvgIpc) is 3.57. The molecule has 2 aromatic carbocycles. The first-order valence-electron chi connectivity index (χ1n) is 23.2. The molecule has 344 valence electrons. The SMILES string of the molecule is C=CC(CCN(C)C(C(=C)NC(C=O)Cc1cccc(-c2ccc3c(c2)c(CC(C)(C)CCN=O)c(-c2cccnc2C(C)O)n3CC)c1)C(C)C)CNCC.CN1CCCCN1. The Morgan fingerprint density at radius 3 is 2.46 bits per heavy atom. The number of likely N-dealkylation sites (N-methyl/N-ethyl adjacent to an activating group) is 1. The molecule has 4 atom stereocenters. The van der Waals surface area contributed by atoms with E-state index >= 15 is 0 Å². The molecule has 5 rings (SSSR count). The summed E-state index contributed by atoms with van der Waals surface area (Å²) in [4.78, 5) is 30.7. The van der Waals surface area contributed by atoms with Gasteiger partial charge >= 0.3 is 0 Å². The third kappa shape index (κ3) is 14.5. The number of aldehydes is 1. The Morgan fingerprint density at radius 2 is 1.86 bits per heavy atom. The lowest BCUT2D eigenvalue weighted by Gasteiger charge is -2.35. The van der Waals surface area contributed by atoms with Crippen molar-refractivity contribution < 1.29 is 9.90 Å². The quantitative estimate of drug-likeness (QED) is 0.0310. The second kappa shape index (κ2) is 25.1. The molecule has 4 aromatic rings. The van der Waals surface area contributed by atoms with Crippen molar-refractivity contribution in [3.8, 4) is 22.4 Å². The molecule has 0 bridgehead atoms. The minimum Gasteiger partial charge on any atom is -0.387 e. The van der Waals surface area contributed by atoms with Crippen molar-refractivity contribution in [3.63, 3.8) is 0 Å². The summed E-state index contributed by atoms with van der Waals surface area (Å²) in [5, 5.41) is 24.2. The molecule has 0 amide bonds. The van der Waals surface area contributed by atoms with E-state index in [0.29, 0.717) is 36.8 Å². The molecular formula is C52H78N8O3. The highest BCUT2D eigenvalue weighted by atomic mass is 16.3. The van der Waals surface area contributed by atoms with Crippen LogP contribution in [-0.2, 0) is 24.2 Å². The number of aliphatic hydroxyl groups excluding tert-OH is 1. The summed E-state index contributed by atoms with van der Waals surface area (Å²) in [6.07, 6.45) is 9.60. The number of hydrazine groups is 1. The molecule has 63 heavy (non-hydrogen) atoms. The first kappa shape index (κ1) is 51.1. The summed E-state index contributed by atoms with van der Waals surface area (Å²) in [6.45, 7) is 29.4. The second-order valence-electron chi connectivity index (χ2n) is 18.5. The normalized spacial score (nSPS) is 15.4. The minimum absolute atomic E-state index is 0.0673. The van der Waals surface area contributed by atoms with Crippen LogP contribution in [0.25, 0.3) is 33.3 Å². The summed E-state index contributed by atoms with van der Waals surface area (Å²) in [6, 6.07) is 18.7. The van der Waals surface area contributed by atoms with Gasteiger partial charge in [0.15, 0.2) is 0 Å². The predicted octanol–water partition coefficient (Wildman–Crippen LogP) is 9.36. The number of aryl methyl sites for hydroxylation is 1. The standard InChI is InChI=1S/C47H66N6O3.C5H12N2/c1-11-35(30-48-12-2)21-25-52(10)45(32(4)5)33(6)51-39(31-54)27-36-16-14-17-37(26-36)38-19-20-43-41(28-38)42(29-47(8,9)22-24-50-56)46(53(43)13-3)40-18-15-23-49-44(40)34(7)55;1-7-5-3-2-4-6-7/h11,14-20,23,26,28,31-32,34-35,39,45,48,51,55H,1,6,12-13,21-22,24-25,27,29-30H2,2-5,7-10H3;6H,2-5H2,1H3. The predicted molar refractivity (Wildman–Crippen MR) is 263 cm³/mol. The molecule has 0 aliphatic carbocycles. The molecule has 0 radical (unpaired) electrons. The van der Waals surface area contributed by atoms with Crippen molar-refractivity contribution in [2.45, 2.75) is 112 Å². The van der Waals surface area contributed by atoms with Crippen molar-refractivity contribution >= 4 is 17.2 Å². The molecule has 1 aliphatic heterocycles. The van der Waals surface area contributed by atoms with Crippen LogP contribution < -0.4 is 16.1 Å². The molecule has 1 fully saturated rings. The fourth-order valence-corrected chi connectivity index (χ4v) is 9.02. The molecule has 2 aromatic heterocycles. The van der Waals surface area contributed by atoms with E-state index in [1.165, 1.54) is 19.4 Å². The maximum Gasteiger partial charge on any atom is 0.142 e. The number of aliphatic hydroxyl groups is 1. The molecule has 11 nitrogen and oxygen atoms in total. The van der Waals surface area contributed by atoms with Gasteiger partial charge < -0.3 is 25.1 Å². The minimum atomic E-state index is -0.741. The van der Waals surface area contributed by atoms with Crippen LogP contribution in [0.4, 0.5) is 0 Å². The Bertz CT molecular complexity index is 2070. The zero-order valence-corrected chi connectivity index (χ0v) is 39.9. The van der Waals surface area contributed by atoms with E-state index in [2.05, 4.69) is 152 Å². The first-order chi connectivity index (χ1) is 30.2. The number of nitrogens with zero attached hydrogens (tertiary/aromatic N) is 5. The number of nitroso groups, excluding NO2 is 1. The fourth-order valence-electron chi connectivity index (χ4n) is 9.02. The summed E-state index contributed by atoms with van der Waals surface area (Å²) >= 11 is 0. The highest BCUT2D eigenvalue weighted by Crippen LogP contribution is 2.42. The Labute approximate surface area is 378 Å². The van der Waals surface area contributed by atoms with Gasteiger partial charge in [-0.2, -0.15) is 4.91 Å². The van der Waals surface area contributed by atoms with Crippen LogP contribution in [-0.4, -0.2) is 96.3 Å². The van der Waals surface area contributed by atoms with Crippen LogP contribution in [0.2, 0.25) is 0 Å². The van der Waals surface area contributed by atoms with E-state index in [1.54, 1.807) is 13.1 Å². The third-order valence-electron chi connectivity index (χ3n) is 12.4. The smallest absolute Gasteiger partial charge is 0.142 e. The van der Waals surface area contributed by atoms with Gasteiger partial charge in [0.05, 0.1) is 36.1 Å². The van der Waals surface area contributed by atoms with Crippen molar-refractivity contribution in [3.05, 3.63) is 107 Å². The fraction of sp³-hybridized carbons (Fsp3) is 0.538. The van der Waals surface area contributed by atoms with Gasteiger partial charge in [0.25, 0.3) is 0 Å². The van der Waals surface area contributed by atoms with E-state index in [-0.39, 0.29) is 18.0 Å². The molecular weight excluding hydrogens is 785 g/mol. The number of aromatic nitrogens is 2. The number of rotatable bonds is 24. The molecule has 1 aliphatic rings. The number of fused-ring (bicyclic) bond motifs is 1. The largest absolute Gasteiger partial charge is 0.387 e. The Morgan fingerprint density at radius 1 is 1.10 bits per heavy atom. The number of pyridine rings is 1. The topological polar surface area (TPSA) is 127 Å². The van der Waals surface area contributed by atoms with Crippen molar-refractivity contribution in [1.29, 1.82) is 0 Å². The van der Waals surface area contributed by atoms with Crippen molar-refractivity contribution in [2.75, 3.05) is 53.4 Å². The zero-order valence-electron chi connectivity index (χ0n) is 39.9. The van der Waals surface area contributed by atoms with Gasteiger partial charge in [-0.05, 0) is 136 Å². The van der Waals surface area contributed by atoms with Crippen LogP contribution in [0.1, 0.15) is 97.1 Å². The Kier molecular flexibility index (Phi) is 20.4. The van der Waals surface area contributed by atoms with Gasteiger partial charge in [-0.25, -0.2) is 5.01 Å². The van der Waals surface area contributed by atoms with Gasteiger partial charge in [-0.3, -0.25) is 15.3 Å². The monoisotopic (exact) mass is 863 g/mol. The second-order valence-corrected chi connectivity index (χ2v) is 18.5. The molecule has 4 N–H and O–H groups in total. The van der Waals surface area contributed by atoms with E-state index in [1.807, 2.05) is 18.2 Å². The Hall–Kier alpha value is -4.52. The number of carbonyl (C=O) groups excluding carboxylic acids is 1. The number of hydrogen-bond acceptors (Lipinski definition) is 10. The lowest BCUT2D eigenvalue weighted by atomic mass is 9.81. The number of carbonyl (C=O) groups is 1. The zero-order chi connectivity index (χ0) is 46.1. The van der Waals surface area contributed by atoms with Crippen molar-refractivity contribution in [1.82, 2.24) is 35.5 Å². The lowest BCUT2D eigenvalue weighted by Crippen LogP contribution is -2.45. The van der Waals surface area contributed by atoms with Crippen LogP contribution in [0.5, 0.6) is 0 Å². The highest BCUT2D eigenvalue weighted by Gasteiger charge is 2.28. The van der Waals surface area contributed by atoms with Crippen LogP contribution in [0.3, 0.4) is 0 Å². The summed E-state index contributed by atoms with van der Waals surface area (Å²) in [5.74, 6) is 0.697. The maximum atomic E-state index is 12.5. The average molecular weight is 863 g/mol. The molecule has 4 unspecified atom stereocenters. The van der Waals surface area contributed by atoms with Crippen LogP contribution in [0.15, 0.2) is 90.9 Å². The van der Waals surface area contributed by atoms with Gasteiger partial charge in [0, 0.05) is 61.6 Å². The molecule has 0 saturated carbocycles. The number of benzene rings is 2. The maximum absolute atomic E-state index is 12.5. The Balaban J connectivity index is 0.00000113. The number of nitrogens with one attached hydrogen (secondary N) is 3. The first-order valence-corrected chi connectivity index (χ1v) is 23.2. The molecule has 11 heteroatoms. The van der Waals surface area contributed by atoms with Crippen LogP contribution in [0, 0.1) is 22.2 Å². The molecule has 3 heterocycles. The molecule has 0 spiro atoms. The van der Waals surface area contributed by atoms with Gasteiger partial charge in [-0.15, -0.1) is 6.58 Å². The van der Waals surface area contributed by atoms with E-state index in [4.69, 9.17) is 0 Å². The van der Waals surface area contributed by atoms with Gasteiger partial charge in [0.1, 0.15) is 6.29 Å². The lowest BCUT2D eigenvalue weighted by molar-refractivity contribution is -0.109. The van der Waals surface area contributed by atoms with Crippen LogP contribution >= 0.6 is 0 Å². The van der Waals surface area contributed by atoms with Crippen molar-refractivity contribution in [2.24, 2.45) is 22.4 Å². The van der Waals surface area contributed by atoms with Gasteiger partial charge in [0.2, 0.25) is 0 Å². The summed E-state index contributed by atoms with van der Waals surface area (Å²) in [7, 11) is 4.22. The highest BCUT2D eigenvalue weighted by molar-refractivity contribution is 5.95. The van der Waals surface area contributed by atoms with E-state index in [9.17, 15) is 14.8 Å². The third-order valence-corrected chi connectivity index (χ3v) is 12.4. The van der Waals surface area contributed by atoms with E-state index < -0.39 is 12.1 Å². The summed E-state index contributed by atoms with van der Waals surface area (Å²) < 4.78 is 2.32. The number of hydrogen-bond donors (Lipinski definition) is 4. The van der Waals surface area contributed by atoms with E-state index in [0.717, 1.165) is 95.5 Å². The molecule has 1 saturated heterocycles.